The maximum atomic E-state index is 12.2. The summed E-state index contributed by atoms with van der Waals surface area (Å²) in [5.74, 6) is -0.0583. The summed E-state index contributed by atoms with van der Waals surface area (Å²) in [5.41, 5.74) is 4.78. The van der Waals surface area contributed by atoms with Crippen LogP contribution in [0.3, 0.4) is 0 Å². The topological polar surface area (TPSA) is 76.8 Å². The minimum atomic E-state index is -0.0583. The molecule has 0 spiro atoms. The lowest BCUT2D eigenvalue weighted by atomic mass is 10.3. The SMILES string of the molecule is CCn1nc(C)c(NC(=O)CNC(C)Cn2nc(C)cc2C)c1C. The minimum Gasteiger partial charge on any atom is -0.322 e. The van der Waals surface area contributed by atoms with Crippen molar-refractivity contribution in [2.24, 2.45) is 0 Å². The van der Waals surface area contributed by atoms with Crippen molar-refractivity contribution in [1.29, 1.82) is 0 Å². The zero-order valence-corrected chi connectivity index (χ0v) is 15.5. The maximum absolute atomic E-state index is 12.2. The van der Waals surface area contributed by atoms with Crippen LogP contribution in [0.4, 0.5) is 5.69 Å². The van der Waals surface area contributed by atoms with Gasteiger partial charge in [-0.25, -0.2) is 0 Å². The first-order chi connectivity index (χ1) is 11.3. The van der Waals surface area contributed by atoms with Gasteiger partial charge in [0.05, 0.1) is 35.9 Å². The third kappa shape index (κ3) is 4.23. The van der Waals surface area contributed by atoms with Crippen LogP contribution in [0.2, 0.25) is 0 Å². The van der Waals surface area contributed by atoms with Crippen molar-refractivity contribution in [3.63, 3.8) is 0 Å². The molecular weight excluding hydrogens is 304 g/mol. The molecule has 2 N–H and O–H groups in total. The highest BCUT2D eigenvalue weighted by molar-refractivity contribution is 5.93. The third-order valence-electron chi connectivity index (χ3n) is 4.11. The Morgan fingerprint density at radius 3 is 2.46 bits per heavy atom. The number of nitrogens with zero attached hydrogens (tertiary/aromatic N) is 4. The Hall–Kier alpha value is -2.15. The number of rotatable bonds is 7. The Balaban J connectivity index is 1.87. The van der Waals surface area contributed by atoms with Crippen LogP contribution in [0.1, 0.15) is 36.6 Å². The third-order valence-corrected chi connectivity index (χ3v) is 4.11. The molecule has 1 unspecified atom stereocenters. The van der Waals surface area contributed by atoms with E-state index in [0.717, 1.165) is 41.6 Å². The summed E-state index contributed by atoms with van der Waals surface area (Å²) in [7, 11) is 0. The molecule has 2 heterocycles. The standard InChI is InChI=1S/C17H28N6O/c1-7-22-15(6)17(14(5)21-22)19-16(24)9-18-12(3)10-23-13(4)8-11(2)20-23/h8,12,18H,7,9-10H2,1-6H3,(H,19,24). The minimum absolute atomic E-state index is 0.0583. The largest absolute Gasteiger partial charge is 0.322 e. The zero-order chi connectivity index (χ0) is 17.9. The summed E-state index contributed by atoms with van der Waals surface area (Å²) in [5, 5.41) is 15.1. The van der Waals surface area contributed by atoms with Gasteiger partial charge in [-0.3, -0.25) is 14.2 Å². The number of carbonyl (C=O) groups is 1. The molecule has 0 saturated heterocycles. The molecule has 132 valence electrons. The normalized spacial score (nSPS) is 12.4. The van der Waals surface area contributed by atoms with Gasteiger partial charge in [0.25, 0.3) is 0 Å². The Kier molecular flexibility index (Phi) is 5.77. The van der Waals surface area contributed by atoms with E-state index in [-0.39, 0.29) is 18.5 Å². The van der Waals surface area contributed by atoms with E-state index in [4.69, 9.17) is 0 Å². The number of hydrogen-bond acceptors (Lipinski definition) is 4. The van der Waals surface area contributed by atoms with Crippen LogP contribution in [-0.4, -0.2) is 38.1 Å². The van der Waals surface area contributed by atoms with Gasteiger partial charge in [0.15, 0.2) is 0 Å². The Morgan fingerprint density at radius 1 is 1.21 bits per heavy atom. The number of anilines is 1. The predicted molar refractivity (Wildman–Crippen MR) is 95.2 cm³/mol. The van der Waals surface area contributed by atoms with Crippen LogP contribution in [0.5, 0.6) is 0 Å². The van der Waals surface area contributed by atoms with Crippen molar-refractivity contribution < 1.29 is 4.79 Å². The predicted octanol–water partition coefficient (Wildman–Crippen LogP) is 1.95. The Labute approximate surface area is 143 Å². The fourth-order valence-electron chi connectivity index (χ4n) is 2.82. The summed E-state index contributed by atoms with van der Waals surface area (Å²) in [6.07, 6.45) is 0. The molecule has 1 amide bonds. The lowest BCUT2D eigenvalue weighted by Gasteiger charge is -2.15. The molecule has 7 nitrogen and oxygen atoms in total. The molecule has 24 heavy (non-hydrogen) atoms. The van der Waals surface area contributed by atoms with E-state index in [1.807, 2.05) is 44.0 Å². The Morgan fingerprint density at radius 2 is 1.92 bits per heavy atom. The first-order valence-corrected chi connectivity index (χ1v) is 8.40. The summed E-state index contributed by atoms with van der Waals surface area (Å²) >= 11 is 0. The van der Waals surface area contributed by atoms with Crippen LogP contribution in [0.15, 0.2) is 6.07 Å². The van der Waals surface area contributed by atoms with E-state index < -0.39 is 0 Å². The number of aromatic nitrogens is 4. The highest BCUT2D eigenvalue weighted by atomic mass is 16.1. The fraction of sp³-hybridized carbons (Fsp3) is 0.588. The maximum Gasteiger partial charge on any atom is 0.238 e. The lowest BCUT2D eigenvalue weighted by Crippen LogP contribution is -2.37. The van der Waals surface area contributed by atoms with Crippen LogP contribution in [-0.2, 0) is 17.9 Å². The highest BCUT2D eigenvalue weighted by Crippen LogP contribution is 2.18. The van der Waals surface area contributed by atoms with Gasteiger partial charge in [0.1, 0.15) is 0 Å². The van der Waals surface area contributed by atoms with Gasteiger partial charge in [0.2, 0.25) is 5.91 Å². The second kappa shape index (κ2) is 7.61. The molecule has 0 fully saturated rings. The van der Waals surface area contributed by atoms with Crippen LogP contribution in [0.25, 0.3) is 0 Å². The average molecular weight is 332 g/mol. The highest BCUT2D eigenvalue weighted by Gasteiger charge is 2.14. The zero-order valence-electron chi connectivity index (χ0n) is 15.5. The van der Waals surface area contributed by atoms with Crippen molar-refractivity contribution in [2.45, 2.75) is 60.7 Å². The van der Waals surface area contributed by atoms with Crippen molar-refractivity contribution in [3.05, 3.63) is 28.8 Å². The molecule has 0 radical (unpaired) electrons. The number of nitrogens with one attached hydrogen (secondary N) is 2. The van der Waals surface area contributed by atoms with Crippen LogP contribution >= 0.6 is 0 Å². The van der Waals surface area contributed by atoms with Crippen LogP contribution < -0.4 is 10.6 Å². The van der Waals surface area contributed by atoms with Crippen LogP contribution in [0, 0.1) is 27.7 Å². The van der Waals surface area contributed by atoms with Gasteiger partial charge in [-0.2, -0.15) is 10.2 Å². The molecule has 2 aromatic heterocycles. The molecule has 2 aromatic rings. The molecular formula is C17H28N6O. The number of hydrogen-bond donors (Lipinski definition) is 2. The Bertz CT molecular complexity index is 715. The first kappa shape index (κ1) is 18.2. The molecule has 1 atom stereocenters. The smallest absolute Gasteiger partial charge is 0.238 e. The molecule has 0 bridgehead atoms. The quantitative estimate of drug-likeness (QED) is 0.812. The molecule has 0 aliphatic rings. The second-order valence-corrected chi connectivity index (χ2v) is 6.30. The molecule has 7 heteroatoms. The van der Waals surface area contributed by atoms with E-state index >= 15 is 0 Å². The number of carbonyl (C=O) groups excluding carboxylic acids is 1. The summed E-state index contributed by atoms with van der Waals surface area (Å²) in [6.45, 7) is 13.8. The van der Waals surface area contributed by atoms with E-state index in [9.17, 15) is 4.79 Å². The first-order valence-electron chi connectivity index (χ1n) is 8.40. The molecule has 0 aliphatic carbocycles. The van der Waals surface area contributed by atoms with Gasteiger partial charge < -0.3 is 10.6 Å². The van der Waals surface area contributed by atoms with Gasteiger partial charge in [0, 0.05) is 18.3 Å². The van der Waals surface area contributed by atoms with Gasteiger partial charge in [-0.15, -0.1) is 0 Å². The summed E-state index contributed by atoms with van der Waals surface area (Å²) in [4.78, 5) is 12.2. The van der Waals surface area contributed by atoms with Crippen molar-refractivity contribution in [1.82, 2.24) is 24.9 Å². The lowest BCUT2D eigenvalue weighted by molar-refractivity contribution is -0.115. The molecule has 0 aromatic carbocycles. The summed E-state index contributed by atoms with van der Waals surface area (Å²) < 4.78 is 3.86. The van der Waals surface area contributed by atoms with E-state index in [1.165, 1.54) is 0 Å². The van der Waals surface area contributed by atoms with E-state index in [1.54, 1.807) is 0 Å². The molecule has 0 aliphatic heterocycles. The monoisotopic (exact) mass is 332 g/mol. The summed E-state index contributed by atoms with van der Waals surface area (Å²) in [6, 6.07) is 2.20. The van der Waals surface area contributed by atoms with Gasteiger partial charge in [-0.05, 0) is 47.6 Å². The van der Waals surface area contributed by atoms with Crippen molar-refractivity contribution in [3.8, 4) is 0 Å². The van der Waals surface area contributed by atoms with Crippen molar-refractivity contribution in [2.75, 3.05) is 11.9 Å². The van der Waals surface area contributed by atoms with E-state index in [2.05, 4.69) is 33.8 Å². The number of aryl methyl sites for hydroxylation is 4. The molecule has 0 saturated carbocycles. The molecule has 2 rings (SSSR count). The van der Waals surface area contributed by atoms with Gasteiger partial charge >= 0.3 is 0 Å². The fourth-order valence-corrected chi connectivity index (χ4v) is 2.82. The van der Waals surface area contributed by atoms with E-state index in [0.29, 0.717) is 0 Å². The number of amides is 1. The van der Waals surface area contributed by atoms with Gasteiger partial charge in [-0.1, -0.05) is 0 Å². The second-order valence-electron chi connectivity index (χ2n) is 6.30. The average Bonchev–Trinajstić information content (AvgIpc) is 2.97. The van der Waals surface area contributed by atoms with Crippen molar-refractivity contribution >= 4 is 11.6 Å².